The molecule has 0 aliphatic heterocycles. The van der Waals surface area contributed by atoms with Crippen molar-refractivity contribution in [2.75, 3.05) is 17.1 Å². The molecular formula is C34H43N3O4S. The summed E-state index contributed by atoms with van der Waals surface area (Å²) in [6.45, 7) is 5.55. The van der Waals surface area contributed by atoms with E-state index in [0.29, 0.717) is 12.1 Å². The fourth-order valence-corrected chi connectivity index (χ4v) is 6.65. The maximum atomic E-state index is 14.3. The lowest BCUT2D eigenvalue weighted by atomic mass is 9.94. The van der Waals surface area contributed by atoms with Crippen LogP contribution >= 0.6 is 0 Å². The smallest absolute Gasteiger partial charge is 0.244 e. The molecular weight excluding hydrogens is 546 g/mol. The van der Waals surface area contributed by atoms with Gasteiger partial charge in [-0.2, -0.15) is 0 Å². The third-order valence-corrected chi connectivity index (χ3v) is 8.97. The van der Waals surface area contributed by atoms with E-state index in [2.05, 4.69) is 5.32 Å². The van der Waals surface area contributed by atoms with E-state index >= 15 is 0 Å². The number of sulfonamides is 1. The van der Waals surface area contributed by atoms with Crippen LogP contribution in [0.25, 0.3) is 0 Å². The van der Waals surface area contributed by atoms with Crippen LogP contribution in [0.4, 0.5) is 5.69 Å². The first kappa shape index (κ1) is 31.3. The lowest BCUT2D eigenvalue weighted by Crippen LogP contribution is -2.55. The third-order valence-electron chi connectivity index (χ3n) is 7.83. The molecule has 1 aliphatic carbocycles. The molecule has 0 aromatic heterocycles. The monoisotopic (exact) mass is 589 g/mol. The van der Waals surface area contributed by atoms with Crippen LogP contribution < -0.4 is 9.62 Å². The molecule has 0 spiro atoms. The van der Waals surface area contributed by atoms with Gasteiger partial charge in [-0.05, 0) is 68.0 Å². The largest absolute Gasteiger partial charge is 0.352 e. The summed E-state index contributed by atoms with van der Waals surface area (Å²) in [5, 5.41) is 3.24. The van der Waals surface area contributed by atoms with Crippen molar-refractivity contribution in [3.8, 4) is 0 Å². The molecule has 1 atom stereocenters. The van der Waals surface area contributed by atoms with Gasteiger partial charge in [0.2, 0.25) is 21.8 Å². The second kappa shape index (κ2) is 14.0. The average Bonchev–Trinajstić information content (AvgIpc) is 2.93. The van der Waals surface area contributed by atoms with Gasteiger partial charge in [-0.25, -0.2) is 8.42 Å². The molecule has 0 bridgehead atoms. The number of hydrogen-bond donors (Lipinski definition) is 1. The highest BCUT2D eigenvalue weighted by atomic mass is 32.2. The summed E-state index contributed by atoms with van der Waals surface area (Å²) in [6.07, 6.45) is 6.57. The van der Waals surface area contributed by atoms with Crippen molar-refractivity contribution in [3.63, 3.8) is 0 Å². The minimum Gasteiger partial charge on any atom is -0.352 e. The summed E-state index contributed by atoms with van der Waals surface area (Å²) in [6, 6.07) is 22.3. The van der Waals surface area contributed by atoms with Crippen molar-refractivity contribution in [3.05, 3.63) is 101 Å². The molecule has 3 aromatic carbocycles. The van der Waals surface area contributed by atoms with Crippen LogP contribution in [-0.4, -0.2) is 50.0 Å². The van der Waals surface area contributed by atoms with E-state index in [1.165, 1.54) is 0 Å². The number of hydrogen-bond acceptors (Lipinski definition) is 4. The Bertz CT molecular complexity index is 1460. The molecule has 2 amide bonds. The number of carbonyl (C=O) groups excluding carboxylic acids is 2. The SMILES string of the molecule is Cc1cccc(CN(C(=O)CN(c2cc(C)cc(C)c2)S(C)(=O)=O)C(Cc2ccccc2)C(=O)NC2CCCCC2)c1. The summed E-state index contributed by atoms with van der Waals surface area (Å²) < 4.78 is 27.2. The number of benzene rings is 3. The lowest BCUT2D eigenvalue weighted by Gasteiger charge is -2.35. The van der Waals surface area contributed by atoms with E-state index in [1.54, 1.807) is 17.0 Å². The number of nitrogens with one attached hydrogen (secondary N) is 1. The molecule has 0 radical (unpaired) electrons. The Morgan fingerprint density at radius 3 is 2.10 bits per heavy atom. The summed E-state index contributed by atoms with van der Waals surface area (Å²) >= 11 is 0. The first-order valence-electron chi connectivity index (χ1n) is 14.7. The molecule has 4 rings (SSSR count). The molecule has 224 valence electrons. The summed E-state index contributed by atoms with van der Waals surface area (Å²) in [5.41, 5.74) is 5.08. The first-order valence-corrected chi connectivity index (χ1v) is 16.6. The number of anilines is 1. The third kappa shape index (κ3) is 8.68. The van der Waals surface area contributed by atoms with Gasteiger partial charge in [-0.3, -0.25) is 13.9 Å². The van der Waals surface area contributed by atoms with Gasteiger partial charge in [0.05, 0.1) is 11.9 Å². The van der Waals surface area contributed by atoms with Crippen LogP contribution in [0.5, 0.6) is 0 Å². The second-order valence-corrected chi connectivity index (χ2v) is 13.6. The molecule has 1 unspecified atom stereocenters. The Kier molecular flexibility index (Phi) is 10.4. The average molecular weight is 590 g/mol. The Balaban J connectivity index is 1.73. The normalized spacial score (nSPS) is 14.7. The van der Waals surface area contributed by atoms with Crippen molar-refractivity contribution in [1.29, 1.82) is 0 Å². The van der Waals surface area contributed by atoms with Gasteiger partial charge in [-0.15, -0.1) is 0 Å². The van der Waals surface area contributed by atoms with Crippen molar-refractivity contribution >= 4 is 27.5 Å². The van der Waals surface area contributed by atoms with Gasteiger partial charge in [0.15, 0.2) is 0 Å². The maximum absolute atomic E-state index is 14.3. The topological polar surface area (TPSA) is 86.8 Å². The van der Waals surface area contributed by atoms with E-state index in [4.69, 9.17) is 0 Å². The molecule has 8 heteroatoms. The fraction of sp³-hybridized carbons (Fsp3) is 0.412. The summed E-state index contributed by atoms with van der Waals surface area (Å²) in [5.74, 6) is -0.634. The highest BCUT2D eigenvalue weighted by molar-refractivity contribution is 7.92. The standard InChI is InChI=1S/C34H43N3O4S/c1-25-12-11-15-29(19-25)23-36(33(38)24-37(42(4,40)41)31-20-26(2)18-27(3)21-31)32(22-28-13-7-5-8-14-28)34(39)35-30-16-9-6-10-17-30/h5,7-8,11-15,18-21,30,32H,6,9-10,16-17,22-24H2,1-4H3,(H,35,39). The first-order chi connectivity index (χ1) is 20.0. The number of amides is 2. The van der Waals surface area contributed by atoms with Gasteiger partial charge < -0.3 is 10.2 Å². The molecule has 3 aromatic rings. The van der Waals surface area contributed by atoms with Gasteiger partial charge in [0.1, 0.15) is 12.6 Å². The van der Waals surface area contributed by atoms with Crippen molar-refractivity contribution in [2.45, 2.75) is 77.9 Å². The van der Waals surface area contributed by atoms with Crippen LogP contribution in [-0.2, 0) is 32.6 Å². The Morgan fingerprint density at radius 1 is 0.833 bits per heavy atom. The maximum Gasteiger partial charge on any atom is 0.244 e. The molecule has 1 saturated carbocycles. The minimum atomic E-state index is -3.80. The lowest BCUT2D eigenvalue weighted by molar-refractivity contribution is -0.140. The number of nitrogens with zero attached hydrogens (tertiary/aromatic N) is 2. The molecule has 7 nitrogen and oxygen atoms in total. The van der Waals surface area contributed by atoms with Crippen molar-refractivity contribution < 1.29 is 18.0 Å². The zero-order valence-electron chi connectivity index (χ0n) is 25.2. The minimum absolute atomic E-state index is 0.0724. The molecule has 0 saturated heterocycles. The van der Waals surface area contributed by atoms with E-state index in [-0.39, 0.29) is 18.5 Å². The Hall–Kier alpha value is -3.65. The highest BCUT2D eigenvalue weighted by Crippen LogP contribution is 2.24. The Labute approximate surface area is 251 Å². The quantitative estimate of drug-likeness (QED) is 0.322. The molecule has 1 N–H and O–H groups in total. The molecule has 42 heavy (non-hydrogen) atoms. The van der Waals surface area contributed by atoms with E-state index < -0.39 is 28.5 Å². The summed E-state index contributed by atoms with van der Waals surface area (Å²) in [4.78, 5) is 29.9. The van der Waals surface area contributed by atoms with Crippen molar-refractivity contribution in [1.82, 2.24) is 10.2 Å². The molecule has 1 fully saturated rings. The zero-order valence-corrected chi connectivity index (χ0v) is 26.0. The van der Waals surface area contributed by atoms with E-state index in [0.717, 1.165) is 70.5 Å². The summed E-state index contributed by atoms with van der Waals surface area (Å²) in [7, 11) is -3.80. The predicted molar refractivity (Wildman–Crippen MR) is 169 cm³/mol. The van der Waals surface area contributed by atoms with Gasteiger partial charge in [-0.1, -0.05) is 85.5 Å². The van der Waals surface area contributed by atoms with E-state index in [9.17, 15) is 18.0 Å². The van der Waals surface area contributed by atoms with E-state index in [1.807, 2.05) is 81.4 Å². The molecule has 1 aliphatic rings. The van der Waals surface area contributed by atoms with Gasteiger partial charge in [0.25, 0.3) is 0 Å². The zero-order chi connectivity index (χ0) is 30.3. The predicted octanol–water partition coefficient (Wildman–Crippen LogP) is 5.47. The fourth-order valence-electron chi connectivity index (χ4n) is 5.81. The molecule has 0 heterocycles. The second-order valence-electron chi connectivity index (χ2n) is 11.7. The highest BCUT2D eigenvalue weighted by Gasteiger charge is 2.34. The van der Waals surface area contributed by atoms with Crippen LogP contribution in [0.3, 0.4) is 0 Å². The number of rotatable bonds is 11. The number of aryl methyl sites for hydroxylation is 3. The van der Waals surface area contributed by atoms with Gasteiger partial charge in [0, 0.05) is 19.0 Å². The Morgan fingerprint density at radius 2 is 1.48 bits per heavy atom. The van der Waals surface area contributed by atoms with Crippen molar-refractivity contribution in [2.24, 2.45) is 0 Å². The van der Waals surface area contributed by atoms with Crippen LogP contribution in [0, 0.1) is 20.8 Å². The number of carbonyl (C=O) groups is 2. The van der Waals surface area contributed by atoms with Crippen LogP contribution in [0.1, 0.15) is 59.9 Å². The van der Waals surface area contributed by atoms with Crippen LogP contribution in [0.2, 0.25) is 0 Å². The van der Waals surface area contributed by atoms with Gasteiger partial charge >= 0.3 is 0 Å². The van der Waals surface area contributed by atoms with Crippen LogP contribution in [0.15, 0.2) is 72.8 Å².